The van der Waals surface area contributed by atoms with Crippen molar-refractivity contribution in [1.29, 1.82) is 0 Å². The van der Waals surface area contributed by atoms with Crippen molar-refractivity contribution in [2.24, 2.45) is 5.73 Å². The molecule has 110 valence electrons. The maximum absolute atomic E-state index is 6.44. The molecule has 2 atom stereocenters. The van der Waals surface area contributed by atoms with Gasteiger partial charge in [0.05, 0.1) is 6.61 Å². The summed E-state index contributed by atoms with van der Waals surface area (Å²) in [5.41, 5.74) is 8.88. The van der Waals surface area contributed by atoms with Crippen LogP contribution in [0.25, 0.3) is 0 Å². The zero-order chi connectivity index (χ0) is 14.8. The second-order valence-electron chi connectivity index (χ2n) is 5.42. The molecule has 2 aromatic rings. The zero-order valence-electron chi connectivity index (χ0n) is 11.6. The molecular formula is C17H17Br2NO. The standard InChI is InChI=1S/C17H17Br2NO/c18-13-7-12(8-14(19)10-13)16(20)9-11-5-6-21-17-4-2-1-3-15(11)17/h1-4,7-8,10-11,16H,5-6,9,20H2. The molecule has 4 heteroatoms. The minimum absolute atomic E-state index is 0.0231. The third kappa shape index (κ3) is 3.50. The van der Waals surface area contributed by atoms with Crippen LogP contribution in [0, 0.1) is 0 Å². The fourth-order valence-corrected chi connectivity index (χ4v) is 4.22. The van der Waals surface area contributed by atoms with Crippen molar-refractivity contribution in [3.63, 3.8) is 0 Å². The normalized spacial score (nSPS) is 18.7. The Labute approximate surface area is 141 Å². The van der Waals surface area contributed by atoms with Crippen molar-refractivity contribution in [1.82, 2.24) is 0 Å². The van der Waals surface area contributed by atoms with E-state index in [-0.39, 0.29) is 6.04 Å². The third-order valence-electron chi connectivity index (χ3n) is 3.93. The lowest BCUT2D eigenvalue weighted by atomic mass is 9.86. The summed E-state index contributed by atoms with van der Waals surface area (Å²) >= 11 is 7.05. The molecule has 2 nitrogen and oxygen atoms in total. The molecule has 1 aliphatic heterocycles. The van der Waals surface area contributed by atoms with Gasteiger partial charge in [-0.3, -0.25) is 0 Å². The van der Waals surface area contributed by atoms with Gasteiger partial charge in [0.25, 0.3) is 0 Å². The number of nitrogens with two attached hydrogens (primary N) is 1. The number of benzene rings is 2. The average molecular weight is 411 g/mol. The molecule has 0 spiro atoms. The maximum atomic E-state index is 6.44. The number of ether oxygens (including phenoxy) is 1. The number of hydrogen-bond donors (Lipinski definition) is 1. The van der Waals surface area contributed by atoms with Gasteiger partial charge in [-0.1, -0.05) is 50.1 Å². The fourth-order valence-electron chi connectivity index (χ4n) is 2.89. The van der Waals surface area contributed by atoms with E-state index in [9.17, 15) is 0 Å². The molecule has 0 bridgehead atoms. The molecule has 2 N–H and O–H groups in total. The summed E-state index contributed by atoms with van der Waals surface area (Å²) in [4.78, 5) is 0. The Kier molecular flexibility index (Phi) is 4.67. The Morgan fingerprint density at radius 2 is 1.86 bits per heavy atom. The van der Waals surface area contributed by atoms with Gasteiger partial charge in [-0.15, -0.1) is 0 Å². The first-order chi connectivity index (χ1) is 10.1. The predicted octanol–water partition coefficient (Wildman–Crippen LogP) is 5.17. The fraction of sp³-hybridized carbons (Fsp3) is 0.294. The van der Waals surface area contributed by atoms with Gasteiger partial charge >= 0.3 is 0 Å². The Balaban J connectivity index is 1.81. The highest BCUT2D eigenvalue weighted by atomic mass is 79.9. The smallest absolute Gasteiger partial charge is 0.122 e. The van der Waals surface area contributed by atoms with Crippen LogP contribution in [0.1, 0.15) is 35.9 Å². The Morgan fingerprint density at radius 3 is 2.62 bits per heavy atom. The second kappa shape index (κ2) is 6.51. The van der Waals surface area contributed by atoms with Gasteiger partial charge in [0.2, 0.25) is 0 Å². The number of halogens is 2. The van der Waals surface area contributed by atoms with E-state index in [2.05, 4.69) is 56.1 Å². The lowest BCUT2D eigenvalue weighted by Crippen LogP contribution is -2.20. The number of fused-ring (bicyclic) bond motifs is 1. The number of para-hydroxylation sites is 1. The molecule has 3 rings (SSSR count). The minimum Gasteiger partial charge on any atom is -0.493 e. The molecule has 21 heavy (non-hydrogen) atoms. The Morgan fingerprint density at radius 1 is 1.14 bits per heavy atom. The van der Waals surface area contributed by atoms with Gasteiger partial charge in [0.15, 0.2) is 0 Å². The molecule has 0 aromatic heterocycles. The number of hydrogen-bond acceptors (Lipinski definition) is 2. The zero-order valence-corrected chi connectivity index (χ0v) is 14.7. The summed E-state index contributed by atoms with van der Waals surface area (Å²) in [6.07, 6.45) is 1.96. The van der Waals surface area contributed by atoms with E-state index < -0.39 is 0 Å². The van der Waals surface area contributed by atoms with Gasteiger partial charge in [0.1, 0.15) is 5.75 Å². The molecule has 0 saturated carbocycles. The van der Waals surface area contributed by atoms with Crippen LogP contribution in [0.4, 0.5) is 0 Å². The van der Waals surface area contributed by atoms with E-state index in [1.807, 2.05) is 18.2 Å². The van der Waals surface area contributed by atoms with Crippen LogP contribution >= 0.6 is 31.9 Å². The SMILES string of the molecule is NC(CC1CCOc2ccccc21)c1cc(Br)cc(Br)c1. The van der Waals surface area contributed by atoms with Gasteiger partial charge in [-0.25, -0.2) is 0 Å². The molecule has 0 radical (unpaired) electrons. The molecular weight excluding hydrogens is 394 g/mol. The molecule has 0 aliphatic carbocycles. The van der Waals surface area contributed by atoms with E-state index in [0.717, 1.165) is 39.7 Å². The summed E-state index contributed by atoms with van der Waals surface area (Å²) in [7, 11) is 0. The predicted molar refractivity (Wildman–Crippen MR) is 92.7 cm³/mol. The lowest BCUT2D eigenvalue weighted by molar-refractivity contribution is 0.259. The van der Waals surface area contributed by atoms with Crippen LogP contribution < -0.4 is 10.5 Å². The maximum Gasteiger partial charge on any atom is 0.122 e. The van der Waals surface area contributed by atoms with Crippen molar-refractivity contribution in [2.75, 3.05) is 6.61 Å². The molecule has 2 aromatic carbocycles. The van der Waals surface area contributed by atoms with E-state index in [1.54, 1.807) is 0 Å². The van der Waals surface area contributed by atoms with Crippen LogP contribution in [0.5, 0.6) is 5.75 Å². The summed E-state index contributed by atoms with van der Waals surface area (Å²) < 4.78 is 7.82. The Hall–Kier alpha value is -0.840. The van der Waals surface area contributed by atoms with Crippen molar-refractivity contribution in [2.45, 2.75) is 24.8 Å². The molecule has 0 saturated heterocycles. The molecule has 2 unspecified atom stereocenters. The van der Waals surface area contributed by atoms with Crippen molar-refractivity contribution < 1.29 is 4.74 Å². The first kappa shape index (κ1) is 15.1. The highest BCUT2D eigenvalue weighted by molar-refractivity contribution is 9.11. The van der Waals surface area contributed by atoms with Crippen molar-refractivity contribution >= 4 is 31.9 Å². The summed E-state index contributed by atoms with van der Waals surface area (Å²) in [6.45, 7) is 0.774. The van der Waals surface area contributed by atoms with Gasteiger partial charge in [-0.05, 0) is 54.2 Å². The van der Waals surface area contributed by atoms with Crippen LogP contribution in [0.3, 0.4) is 0 Å². The summed E-state index contributed by atoms with van der Waals surface area (Å²) in [5, 5.41) is 0. The first-order valence-electron chi connectivity index (χ1n) is 7.07. The summed E-state index contributed by atoms with van der Waals surface area (Å²) in [5.74, 6) is 1.47. The van der Waals surface area contributed by atoms with Crippen LogP contribution in [-0.2, 0) is 0 Å². The molecule has 0 fully saturated rings. The summed E-state index contributed by atoms with van der Waals surface area (Å²) in [6, 6.07) is 14.5. The topological polar surface area (TPSA) is 35.2 Å². The minimum atomic E-state index is 0.0231. The molecule has 1 aliphatic rings. The lowest BCUT2D eigenvalue weighted by Gasteiger charge is -2.28. The second-order valence-corrected chi connectivity index (χ2v) is 7.25. The largest absolute Gasteiger partial charge is 0.493 e. The Bertz CT molecular complexity index is 624. The van der Waals surface area contributed by atoms with Gasteiger partial charge in [0, 0.05) is 15.0 Å². The quantitative estimate of drug-likeness (QED) is 0.757. The van der Waals surface area contributed by atoms with Crippen molar-refractivity contribution in [3.8, 4) is 5.75 Å². The molecule has 1 heterocycles. The van der Waals surface area contributed by atoms with Crippen molar-refractivity contribution in [3.05, 3.63) is 62.5 Å². The average Bonchev–Trinajstić information content (AvgIpc) is 2.46. The third-order valence-corrected chi connectivity index (χ3v) is 4.85. The number of rotatable bonds is 3. The van der Waals surface area contributed by atoms with E-state index in [0.29, 0.717) is 5.92 Å². The van der Waals surface area contributed by atoms with Gasteiger partial charge in [-0.2, -0.15) is 0 Å². The highest BCUT2D eigenvalue weighted by Gasteiger charge is 2.23. The first-order valence-corrected chi connectivity index (χ1v) is 8.65. The van der Waals surface area contributed by atoms with E-state index in [4.69, 9.17) is 10.5 Å². The van der Waals surface area contributed by atoms with Crippen LogP contribution in [0.15, 0.2) is 51.4 Å². The van der Waals surface area contributed by atoms with Crippen LogP contribution in [0.2, 0.25) is 0 Å². The molecule has 0 amide bonds. The van der Waals surface area contributed by atoms with E-state index in [1.165, 1.54) is 5.56 Å². The van der Waals surface area contributed by atoms with Crippen LogP contribution in [-0.4, -0.2) is 6.61 Å². The monoisotopic (exact) mass is 409 g/mol. The van der Waals surface area contributed by atoms with Gasteiger partial charge < -0.3 is 10.5 Å². The van der Waals surface area contributed by atoms with E-state index >= 15 is 0 Å². The highest BCUT2D eigenvalue weighted by Crippen LogP contribution is 2.38.